The van der Waals surface area contributed by atoms with Crippen LogP contribution in [0.15, 0.2) is 85.3 Å². The molecule has 3 heterocycles. The highest BCUT2D eigenvalue weighted by atomic mass is 16.3. The van der Waals surface area contributed by atoms with Gasteiger partial charge in [0.25, 0.3) is 0 Å². The van der Waals surface area contributed by atoms with E-state index in [9.17, 15) is 9.59 Å². The van der Waals surface area contributed by atoms with Gasteiger partial charge in [0.05, 0.1) is 6.61 Å². The van der Waals surface area contributed by atoms with E-state index in [-0.39, 0.29) is 31.6 Å². The van der Waals surface area contributed by atoms with Gasteiger partial charge in [0.1, 0.15) is 17.9 Å². The lowest BCUT2D eigenvalue weighted by molar-refractivity contribution is -0.122. The van der Waals surface area contributed by atoms with Crippen LogP contribution in [0.3, 0.4) is 0 Å². The van der Waals surface area contributed by atoms with E-state index in [4.69, 9.17) is 10.2 Å². The number of urea groups is 1. The molecule has 3 amide bonds. The van der Waals surface area contributed by atoms with E-state index in [0.29, 0.717) is 17.1 Å². The largest absolute Gasteiger partial charge is 0.395 e. The zero-order valence-electron chi connectivity index (χ0n) is 19.8. The quantitative estimate of drug-likeness (QED) is 0.223. The number of carbonyl (C=O) groups is 2. The first-order chi connectivity index (χ1) is 18.1. The molecule has 5 aromatic rings. The maximum absolute atomic E-state index is 12.4. The number of aliphatic hydroxyl groups is 1. The summed E-state index contributed by atoms with van der Waals surface area (Å²) in [4.78, 5) is 32.1. The number of anilines is 2. The molecular weight excluding hydrogens is 470 g/mol. The molecule has 10 heteroatoms. The summed E-state index contributed by atoms with van der Waals surface area (Å²) in [5, 5.41) is 22.9. The number of H-pyrrole nitrogens is 1. The van der Waals surface area contributed by atoms with Gasteiger partial charge in [-0.2, -0.15) is 5.10 Å². The minimum atomic E-state index is -0.343. The van der Waals surface area contributed by atoms with Gasteiger partial charge in [-0.3, -0.25) is 9.48 Å². The predicted octanol–water partition coefficient (Wildman–Crippen LogP) is 3.85. The summed E-state index contributed by atoms with van der Waals surface area (Å²) in [7, 11) is 0. The van der Waals surface area contributed by atoms with E-state index in [0.717, 1.165) is 27.7 Å². The molecular formula is C27H25N7O3. The summed E-state index contributed by atoms with van der Waals surface area (Å²) in [5.41, 5.74) is 5.34. The summed E-state index contributed by atoms with van der Waals surface area (Å²) in [6, 6.07) is 20.1. The number of amides is 3. The number of rotatable bonds is 8. The van der Waals surface area contributed by atoms with Gasteiger partial charge in [-0.1, -0.05) is 30.3 Å². The summed E-state index contributed by atoms with van der Waals surface area (Å²) in [5.74, 6) is -0.250. The molecule has 0 radical (unpaired) electrons. The fourth-order valence-electron chi connectivity index (χ4n) is 4.03. The van der Waals surface area contributed by atoms with E-state index >= 15 is 0 Å². The third kappa shape index (κ3) is 5.49. The van der Waals surface area contributed by atoms with Crippen LogP contribution in [0.4, 0.5) is 16.2 Å². The number of benzene rings is 2. The van der Waals surface area contributed by atoms with Crippen molar-refractivity contribution in [3.05, 3.63) is 85.3 Å². The lowest BCUT2D eigenvalue weighted by atomic mass is 10.0. The number of aromatic amines is 1. The molecule has 0 saturated carbocycles. The average Bonchev–Trinajstić information content (AvgIpc) is 3.56. The summed E-state index contributed by atoms with van der Waals surface area (Å²) >= 11 is 0. The van der Waals surface area contributed by atoms with E-state index in [1.807, 2.05) is 67.0 Å². The SMILES string of the molecule is O=C(Cn1cc(-c2ccnc3[nH]ccc23)c(-c2ccc(NC(=O)Nc3ccccc3)cc2)n1)NCCO. The molecule has 0 spiro atoms. The van der Waals surface area contributed by atoms with Crippen molar-refractivity contribution in [3.8, 4) is 22.4 Å². The Morgan fingerprint density at radius 1 is 0.919 bits per heavy atom. The molecule has 37 heavy (non-hydrogen) atoms. The average molecular weight is 496 g/mol. The first-order valence-electron chi connectivity index (χ1n) is 11.7. The number of hydrogen-bond acceptors (Lipinski definition) is 5. The summed E-state index contributed by atoms with van der Waals surface area (Å²) in [6.45, 7) is 0.0572. The Morgan fingerprint density at radius 3 is 2.43 bits per heavy atom. The van der Waals surface area contributed by atoms with Crippen LogP contribution < -0.4 is 16.0 Å². The van der Waals surface area contributed by atoms with Crippen LogP contribution >= 0.6 is 0 Å². The minimum Gasteiger partial charge on any atom is -0.395 e. The number of hydrogen-bond donors (Lipinski definition) is 5. The van der Waals surface area contributed by atoms with Crippen molar-refractivity contribution in [2.24, 2.45) is 0 Å². The molecule has 0 bridgehead atoms. The van der Waals surface area contributed by atoms with Crippen molar-refractivity contribution >= 4 is 34.3 Å². The third-order valence-corrected chi connectivity index (χ3v) is 5.70. The van der Waals surface area contributed by atoms with Crippen molar-refractivity contribution in [2.75, 3.05) is 23.8 Å². The number of fused-ring (bicyclic) bond motifs is 1. The standard InChI is InChI=1S/C27H25N7O3/c35-15-14-28-24(36)17-34-16-23(21-10-12-29-26-22(21)11-13-30-26)25(33-34)18-6-8-20(9-7-18)32-27(37)31-19-4-2-1-3-5-19/h1-13,16,35H,14-15,17H2,(H,28,36)(H,29,30)(H2,31,32,37). The predicted molar refractivity (Wildman–Crippen MR) is 142 cm³/mol. The lowest BCUT2D eigenvalue weighted by Crippen LogP contribution is -2.30. The normalized spacial score (nSPS) is 10.8. The van der Waals surface area contributed by atoms with Crippen molar-refractivity contribution in [3.63, 3.8) is 0 Å². The summed E-state index contributed by atoms with van der Waals surface area (Å²) < 4.78 is 1.58. The Bertz CT molecular complexity index is 1520. The Labute approximate surface area is 212 Å². The Balaban J connectivity index is 1.43. The van der Waals surface area contributed by atoms with Crippen LogP contribution in [0.1, 0.15) is 0 Å². The highest BCUT2D eigenvalue weighted by molar-refractivity contribution is 6.00. The highest BCUT2D eigenvalue weighted by Gasteiger charge is 2.17. The van der Waals surface area contributed by atoms with E-state index in [1.54, 1.807) is 23.0 Å². The smallest absolute Gasteiger partial charge is 0.323 e. The van der Waals surface area contributed by atoms with Crippen LogP contribution in [-0.2, 0) is 11.3 Å². The Morgan fingerprint density at radius 2 is 1.68 bits per heavy atom. The minimum absolute atomic E-state index is 0.00760. The van der Waals surface area contributed by atoms with Gasteiger partial charge < -0.3 is 26.0 Å². The second kappa shape index (κ2) is 10.8. The number of para-hydroxylation sites is 1. The topological polar surface area (TPSA) is 137 Å². The molecule has 0 unspecified atom stereocenters. The summed E-state index contributed by atoms with van der Waals surface area (Å²) in [6.07, 6.45) is 5.38. The van der Waals surface area contributed by atoms with Crippen LogP contribution in [-0.4, -0.2) is 49.9 Å². The number of nitrogens with zero attached hydrogens (tertiary/aromatic N) is 3. The van der Waals surface area contributed by atoms with Crippen LogP contribution in [0, 0.1) is 0 Å². The van der Waals surface area contributed by atoms with Gasteiger partial charge in [-0.25, -0.2) is 9.78 Å². The molecule has 5 rings (SSSR count). The van der Waals surface area contributed by atoms with E-state index in [2.05, 4.69) is 25.9 Å². The number of carbonyl (C=O) groups excluding carboxylic acids is 2. The monoisotopic (exact) mass is 495 g/mol. The van der Waals surface area contributed by atoms with Crippen molar-refractivity contribution < 1.29 is 14.7 Å². The van der Waals surface area contributed by atoms with Gasteiger partial charge in [0.2, 0.25) is 5.91 Å². The molecule has 0 fully saturated rings. The second-order valence-electron chi connectivity index (χ2n) is 8.28. The number of aliphatic hydroxyl groups excluding tert-OH is 1. The van der Waals surface area contributed by atoms with Crippen molar-refractivity contribution in [1.29, 1.82) is 0 Å². The van der Waals surface area contributed by atoms with E-state index < -0.39 is 0 Å². The van der Waals surface area contributed by atoms with Gasteiger partial charge in [-0.05, 0) is 42.0 Å². The molecule has 2 aromatic carbocycles. The van der Waals surface area contributed by atoms with Crippen LogP contribution in [0.2, 0.25) is 0 Å². The van der Waals surface area contributed by atoms with Crippen molar-refractivity contribution in [2.45, 2.75) is 6.54 Å². The molecule has 0 aliphatic rings. The van der Waals surface area contributed by atoms with Crippen molar-refractivity contribution in [1.82, 2.24) is 25.1 Å². The van der Waals surface area contributed by atoms with Gasteiger partial charge in [0.15, 0.2) is 0 Å². The molecule has 5 N–H and O–H groups in total. The Hall–Kier alpha value is -4.96. The first kappa shape index (κ1) is 23.8. The maximum atomic E-state index is 12.4. The zero-order chi connectivity index (χ0) is 25.6. The van der Waals surface area contributed by atoms with E-state index in [1.165, 1.54) is 0 Å². The first-order valence-corrected chi connectivity index (χ1v) is 11.7. The fraction of sp³-hybridized carbons (Fsp3) is 0.111. The molecule has 3 aromatic heterocycles. The fourth-order valence-corrected chi connectivity index (χ4v) is 4.03. The molecule has 0 saturated heterocycles. The molecule has 10 nitrogen and oxygen atoms in total. The van der Waals surface area contributed by atoms with Crippen LogP contribution in [0.25, 0.3) is 33.4 Å². The molecule has 186 valence electrons. The third-order valence-electron chi connectivity index (χ3n) is 5.70. The number of pyridine rings is 1. The van der Waals surface area contributed by atoms with Gasteiger partial charge in [0, 0.05) is 53.0 Å². The number of nitrogens with one attached hydrogen (secondary N) is 4. The lowest BCUT2D eigenvalue weighted by Gasteiger charge is -2.09. The van der Waals surface area contributed by atoms with Gasteiger partial charge in [-0.15, -0.1) is 0 Å². The number of aromatic nitrogens is 4. The highest BCUT2D eigenvalue weighted by Crippen LogP contribution is 2.35. The maximum Gasteiger partial charge on any atom is 0.323 e. The molecule has 0 aliphatic heterocycles. The zero-order valence-corrected chi connectivity index (χ0v) is 19.8. The second-order valence-corrected chi connectivity index (χ2v) is 8.28. The van der Waals surface area contributed by atoms with Crippen LogP contribution in [0.5, 0.6) is 0 Å². The Kier molecular flexibility index (Phi) is 6.91. The van der Waals surface area contributed by atoms with Gasteiger partial charge >= 0.3 is 6.03 Å². The molecule has 0 atom stereocenters. The molecule has 0 aliphatic carbocycles.